The lowest BCUT2D eigenvalue weighted by atomic mass is 9.87. The molecule has 2 atom stereocenters. The van der Waals surface area contributed by atoms with Crippen molar-refractivity contribution in [2.24, 2.45) is 0 Å². The molecule has 1 aliphatic heterocycles. The Morgan fingerprint density at radius 3 is 2.50 bits per heavy atom. The molecule has 4 rings (SSSR count). The highest BCUT2D eigenvalue weighted by Crippen LogP contribution is 2.32. The Bertz CT molecular complexity index is 905. The molecule has 0 unspecified atom stereocenters. The molecule has 1 aliphatic rings. The molecule has 5 heteroatoms. The van der Waals surface area contributed by atoms with Crippen molar-refractivity contribution < 1.29 is 14.2 Å². The Kier molecular flexibility index (Phi) is 5.35. The van der Waals surface area contributed by atoms with Gasteiger partial charge in [-0.05, 0) is 47.9 Å². The highest BCUT2D eigenvalue weighted by atomic mass is 19.1. The molecule has 0 bridgehead atoms. The summed E-state index contributed by atoms with van der Waals surface area (Å²) in [5.41, 5.74) is 3.32. The molecule has 4 nitrogen and oxygen atoms in total. The number of benzene rings is 2. The quantitative estimate of drug-likeness (QED) is 0.726. The van der Waals surface area contributed by atoms with Crippen molar-refractivity contribution in [1.29, 1.82) is 0 Å². The van der Waals surface area contributed by atoms with Gasteiger partial charge in [0.25, 0.3) is 0 Å². The van der Waals surface area contributed by atoms with Gasteiger partial charge in [-0.15, -0.1) is 0 Å². The monoisotopic (exact) mass is 380 g/mol. The number of hydrogen-bond donors (Lipinski definition) is 1. The predicted molar refractivity (Wildman–Crippen MR) is 109 cm³/mol. The van der Waals surface area contributed by atoms with E-state index in [1.54, 1.807) is 19.2 Å². The molecule has 0 aliphatic carbocycles. The Hall–Kier alpha value is -2.79. The molecule has 1 fully saturated rings. The first-order chi connectivity index (χ1) is 13.6. The fraction of sp³-hybridized carbons (Fsp3) is 0.304. The van der Waals surface area contributed by atoms with Gasteiger partial charge in [-0.3, -0.25) is 0 Å². The van der Waals surface area contributed by atoms with E-state index in [9.17, 15) is 9.50 Å². The maximum Gasteiger partial charge on any atom is 0.123 e. The second-order valence-electron chi connectivity index (χ2n) is 7.35. The zero-order valence-electron chi connectivity index (χ0n) is 16.0. The van der Waals surface area contributed by atoms with Crippen LogP contribution in [0, 0.1) is 5.82 Å². The van der Waals surface area contributed by atoms with Crippen LogP contribution in [0.2, 0.25) is 0 Å². The van der Waals surface area contributed by atoms with Crippen molar-refractivity contribution in [3.63, 3.8) is 0 Å². The summed E-state index contributed by atoms with van der Waals surface area (Å²) in [5.74, 6) is 0.757. The number of aliphatic hydroxyl groups excluding tert-OH is 1. The number of aliphatic hydroxyl groups is 1. The number of halogens is 1. The molecule has 28 heavy (non-hydrogen) atoms. The maximum absolute atomic E-state index is 13.1. The summed E-state index contributed by atoms with van der Waals surface area (Å²) in [6.45, 7) is 2.21. The number of ether oxygens (including phenoxy) is 1. The third-order valence-corrected chi connectivity index (χ3v) is 5.50. The predicted octanol–water partition coefficient (Wildman–Crippen LogP) is 4.04. The van der Waals surface area contributed by atoms with E-state index in [-0.39, 0.29) is 11.7 Å². The molecule has 1 aromatic heterocycles. The number of anilines is 1. The first-order valence-corrected chi connectivity index (χ1v) is 9.59. The first kappa shape index (κ1) is 18.6. The fourth-order valence-corrected chi connectivity index (χ4v) is 3.92. The number of hydrogen-bond acceptors (Lipinski definition) is 3. The lowest BCUT2D eigenvalue weighted by molar-refractivity contribution is 0.130. The van der Waals surface area contributed by atoms with Gasteiger partial charge in [0.05, 0.1) is 18.9 Å². The summed E-state index contributed by atoms with van der Waals surface area (Å²) < 4.78 is 20.4. The van der Waals surface area contributed by atoms with E-state index >= 15 is 0 Å². The molecule has 0 saturated carbocycles. The van der Waals surface area contributed by atoms with Gasteiger partial charge in [-0.25, -0.2) is 4.39 Å². The van der Waals surface area contributed by atoms with Crippen LogP contribution in [0.5, 0.6) is 5.75 Å². The van der Waals surface area contributed by atoms with Crippen molar-refractivity contribution >= 4 is 5.69 Å². The van der Waals surface area contributed by atoms with Gasteiger partial charge in [0, 0.05) is 37.9 Å². The van der Waals surface area contributed by atoms with Gasteiger partial charge in [0.15, 0.2) is 0 Å². The molecule has 2 aromatic carbocycles. The van der Waals surface area contributed by atoms with E-state index in [1.165, 1.54) is 12.1 Å². The number of piperidine rings is 1. The van der Waals surface area contributed by atoms with Gasteiger partial charge >= 0.3 is 0 Å². The van der Waals surface area contributed by atoms with Gasteiger partial charge < -0.3 is 19.3 Å². The van der Waals surface area contributed by atoms with Crippen molar-refractivity contribution in [3.8, 4) is 5.75 Å². The van der Waals surface area contributed by atoms with Crippen LogP contribution in [0.3, 0.4) is 0 Å². The fourth-order valence-electron chi connectivity index (χ4n) is 3.92. The minimum atomic E-state index is -0.414. The van der Waals surface area contributed by atoms with Crippen LogP contribution in [-0.2, 0) is 6.54 Å². The second kappa shape index (κ2) is 8.07. The third-order valence-electron chi connectivity index (χ3n) is 5.50. The minimum absolute atomic E-state index is 0.142. The maximum atomic E-state index is 13.1. The highest BCUT2D eigenvalue weighted by molar-refractivity contribution is 5.46. The van der Waals surface area contributed by atoms with Crippen LogP contribution in [-0.4, -0.2) is 36.0 Å². The van der Waals surface area contributed by atoms with Crippen LogP contribution in [0.4, 0.5) is 10.1 Å². The highest BCUT2D eigenvalue weighted by Gasteiger charge is 2.29. The summed E-state index contributed by atoms with van der Waals surface area (Å²) in [4.78, 5) is 2.23. The molecule has 1 saturated heterocycles. The molecule has 0 radical (unpaired) electrons. The normalized spacial score (nSPS) is 19.6. The van der Waals surface area contributed by atoms with Crippen molar-refractivity contribution in [2.75, 3.05) is 25.1 Å². The Morgan fingerprint density at radius 2 is 1.82 bits per heavy atom. The van der Waals surface area contributed by atoms with Crippen LogP contribution < -0.4 is 9.64 Å². The van der Waals surface area contributed by atoms with Crippen LogP contribution in [0.25, 0.3) is 0 Å². The lowest BCUT2D eigenvalue weighted by Crippen LogP contribution is -2.42. The van der Waals surface area contributed by atoms with Crippen LogP contribution >= 0.6 is 0 Å². The van der Waals surface area contributed by atoms with E-state index in [2.05, 4.69) is 21.7 Å². The van der Waals surface area contributed by atoms with Gasteiger partial charge in [0.2, 0.25) is 0 Å². The summed E-state index contributed by atoms with van der Waals surface area (Å²) >= 11 is 0. The van der Waals surface area contributed by atoms with E-state index in [1.807, 2.05) is 30.5 Å². The third kappa shape index (κ3) is 4.04. The van der Waals surface area contributed by atoms with Crippen molar-refractivity contribution in [1.82, 2.24) is 4.57 Å². The lowest BCUT2D eigenvalue weighted by Gasteiger charge is -2.37. The molecular formula is C23H25FN2O2. The Morgan fingerprint density at radius 1 is 1.07 bits per heavy atom. The van der Waals surface area contributed by atoms with Gasteiger partial charge in [0.1, 0.15) is 11.6 Å². The summed E-state index contributed by atoms with van der Waals surface area (Å²) in [7, 11) is 1.66. The van der Waals surface area contributed by atoms with E-state index in [0.717, 1.165) is 35.5 Å². The molecule has 2 heterocycles. The van der Waals surface area contributed by atoms with E-state index < -0.39 is 6.10 Å². The number of methoxy groups -OCH3 is 1. The Balaban J connectivity index is 1.40. The molecule has 146 valence electrons. The van der Waals surface area contributed by atoms with Crippen LogP contribution in [0.1, 0.15) is 23.5 Å². The molecule has 1 N–H and O–H groups in total. The molecule has 0 spiro atoms. The van der Waals surface area contributed by atoms with E-state index in [0.29, 0.717) is 13.1 Å². The number of β-amino-alcohol motifs (C(OH)–C–C–N with tert-alkyl or cyclic N) is 1. The molecule has 3 aromatic rings. The van der Waals surface area contributed by atoms with Crippen molar-refractivity contribution in [2.45, 2.75) is 25.0 Å². The summed E-state index contributed by atoms with van der Waals surface area (Å²) in [6.07, 6.45) is 4.60. The zero-order chi connectivity index (χ0) is 19.5. The van der Waals surface area contributed by atoms with E-state index in [4.69, 9.17) is 4.74 Å². The second-order valence-corrected chi connectivity index (χ2v) is 7.35. The average molecular weight is 380 g/mol. The Labute approximate surface area is 164 Å². The average Bonchev–Trinajstić information content (AvgIpc) is 3.18. The van der Waals surface area contributed by atoms with Gasteiger partial charge in [-0.1, -0.05) is 24.3 Å². The standard InChI is InChI=1S/C23H25FN2O2/c1-28-21-8-4-18(5-9-21)22-11-13-26(16-23(22)27)20-10-12-25(15-20)14-17-2-6-19(24)7-3-17/h2-10,12,15,22-23,27H,11,13-14,16H2,1H3/t22-,23+/m1/s1. The summed E-state index contributed by atoms with van der Waals surface area (Å²) in [6, 6.07) is 16.6. The molecular weight excluding hydrogens is 355 g/mol. The van der Waals surface area contributed by atoms with Gasteiger partial charge in [-0.2, -0.15) is 0 Å². The number of rotatable bonds is 5. The smallest absolute Gasteiger partial charge is 0.123 e. The van der Waals surface area contributed by atoms with Crippen molar-refractivity contribution in [3.05, 3.63) is 83.9 Å². The topological polar surface area (TPSA) is 37.6 Å². The minimum Gasteiger partial charge on any atom is -0.497 e. The summed E-state index contributed by atoms with van der Waals surface area (Å²) in [5, 5.41) is 10.7. The number of aromatic nitrogens is 1. The zero-order valence-corrected chi connectivity index (χ0v) is 16.0. The van der Waals surface area contributed by atoms with Crippen LogP contribution in [0.15, 0.2) is 67.0 Å². The SMILES string of the molecule is COc1ccc([C@H]2CCN(c3ccn(Cc4ccc(F)cc4)c3)C[C@@H]2O)cc1. The molecule has 0 amide bonds. The first-order valence-electron chi connectivity index (χ1n) is 9.59. The number of nitrogens with zero attached hydrogens (tertiary/aromatic N) is 2. The largest absolute Gasteiger partial charge is 0.497 e.